The average Bonchev–Trinajstić information content (AvgIpc) is 2.96. The van der Waals surface area contributed by atoms with E-state index in [1.54, 1.807) is 25.1 Å². The molecular formula is C15H21ClN2O4S. The van der Waals surface area contributed by atoms with Gasteiger partial charge in [-0.2, -0.15) is 0 Å². The summed E-state index contributed by atoms with van der Waals surface area (Å²) in [4.78, 5) is 12.3. The van der Waals surface area contributed by atoms with Crippen molar-refractivity contribution in [1.82, 2.24) is 5.32 Å². The average molecular weight is 361 g/mol. The lowest BCUT2D eigenvalue weighted by molar-refractivity contribution is -0.122. The minimum absolute atomic E-state index is 0.00371. The summed E-state index contributed by atoms with van der Waals surface area (Å²) in [5, 5.41) is 3.16. The number of nitrogens with zero attached hydrogens (tertiary/aromatic N) is 1. The van der Waals surface area contributed by atoms with Crippen LogP contribution in [0, 0.1) is 0 Å². The number of carbonyl (C=O) groups excluding carboxylic acids is 1. The van der Waals surface area contributed by atoms with Gasteiger partial charge in [-0.3, -0.25) is 9.10 Å². The molecule has 1 N–H and O–H groups in total. The molecule has 1 aliphatic heterocycles. The van der Waals surface area contributed by atoms with Crippen LogP contribution in [0.3, 0.4) is 0 Å². The van der Waals surface area contributed by atoms with Gasteiger partial charge in [0.05, 0.1) is 18.0 Å². The maximum atomic E-state index is 12.3. The maximum absolute atomic E-state index is 12.3. The highest BCUT2D eigenvalue weighted by Crippen LogP contribution is 2.24. The fourth-order valence-electron chi connectivity index (χ4n) is 2.59. The van der Waals surface area contributed by atoms with Gasteiger partial charge in [-0.25, -0.2) is 8.42 Å². The SMILES string of the molecule is C[C@H](C(=O)NC[C@H]1CCCO1)N(c1cccc(Cl)c1)S(C)(=O)=O. The second-order valence-corrected chi connectivity index (χ2v) is 7.89. The van der Waals surface area contributed by atoms with Gasteiger partial charge in [0.1, 0.15) is 6.04 Å². The Labute approximate surface area is 141 Å². The molecule has 6 nitrogen and oxygen atoms in total. The second-order valence-electron chi connectivity index (χ2n) is 5.59. The zero-order valence-corrected chi connectivity index (χ0v) is 14.7. The van der Waals surface area contributed by atoms with Crippen molar-refractivity contribution in [3.8, 4) is 0 Å². The fourth-order valence-corrected chi connectivity index (χ4v) is 3.94. The van der Waals surface area contributed by atoms with Crippen LogP contribution in [0.5, 0.6) is 0 Å². The Kier molecular flexibility index (Phi) is 5.89. The minimum atomic E-state index is -3.63. The standard InChI is InChI=1S/C15H21ClN2O4S/c1-11(15(19)17-10-14-7-4-8-22-14)18(23(2,20)21)13-6-3-5-12(16)9-13/h3,5-6,9,11,14H,4,7-8,10H2,1-2H3,(H,17,19)/t11-,14-/m1/s1. The lowest BCUT2D eigenvalue weighted by atomic mass is 10.2. The number of hydrogen-bond donors (Lipinski definition) is 1. The Balaban J connectivity index is 2.13. The van der Waals surface area contributed by atoms with Crippen LogP contribution in [-0.2, 0) is 19.6 Å². The summed E-state index contributed by atoms with van der Waals surface area (Å²) in [6, 6.07) is 5.54. The first-order valence-electron chi connectivity index (χ1n) is 7.43. The molecule has 0 saturated carbocycles. The Morgan fingerprint density at radius 1 is 1.52 bits per heavy atom. The zero-order chi connectivity index (χ0) is 17.0. The molecule has 1 amide bonds. The summed E-state index contributed by atoms with van der Waals surface area (Å²) >= 11 is 5.93. The number of sulfonamides is 1. The van der Waals surface area contributed by atoms with Crippen molar-refractivity contribution in [1.29, 1.82) is 0 Å². The van der Waals surface area contributed by atoms with Crippen LogP contribution in [0.25, 0.3) is 0 Å². The predicted molar refractivity (Wildman–Crippen MR) is 90.2 cm³/mol. The molecule has 1 aromatic rings. The number of anilines is 1. The quantitative estimate of drug-likeness (QED) is 0.839. The maximum Gasteiger partial charge on any atom is 0.243 e. The first kappa shape index (κ1) is 18.0. The Morgan fingerprint density at radius 3 is 2.83 bits per heavy atom. The highest BCUT2D eigenvalue weighted by molar-refractivity contribution is 7.92. The van der Waals surface area contributed by atoms with E-state index in [1.807, 2.05) is 0 Å². The molecule has 1 heterocycles. The number of rotatable bonds is 6. The molecular weight excluding hydrogens is 340 g/mol. The number of nitrogens with one attached hydrogen (secondary N) is 1. The molecule has 0 unspecified atom stereocenters. The number of carbonyl (C=O) groups is 1. The molecule has 1 aromatic carbocycles. The number of hydrogen-bond acceptors (Lipinski definition) is 4. The van der Waals surface area contributed by atoms with Crippen molar-refractivity contribution in [2.24, 2.45) is 0 Å². The van der Waals surface area contributed by atoms with E-state index < -0.39 is 16.1 Å². The van der Waals surface area contributed by atoms with Crippen LogP contribution in [0.4, 0.5) is 5.69 Å². The van der Waals surface area contributed by atoms with E-state index in [9.17, 15) is 13.2 Å². The van der Waals surface area contributed by atoms with Crippen molar-refractivity contribution >= 4 is 33.2 Å². The highest BCUT2D eigenvalue weighted by atomic mass is 35.5. The number of halogens is 1. The third kappa shape index (κ3) is 4.83. The molecule has 8 heteroatoms. The first-order chi connectivity index (χ1) is 10.8. The molecule has 0 radical (unpaired) electrons. The summed E-state index contributed by atoms with van der Waals surface area (Å²) in [6.45, 7) is 2.64. The third-order valence-electron chi connectivity index (χ3n) is 3.68. The molecule has 1 aliphatic rings. The van der Waals surface area contributed by atoms with E-state index in [2.05, 4.69) is 5.32 Å². The summed E-state index contributed by atoms with van der Waals surface area (Å²) in [5.74, 6) is -0.370. The molecule has 0 spiro atoms. The monoisotopic (exact) mass is 360 g/mol. The van der Waals surface area contributed by atoms with Crippen molar-refractivity contribution in [2.75, 3.05) is 23.7 Å². The van der Waals surface area contributed by atoms with Crippen LogP contribution in [-0.4, -0.2) is 45.9 Å². The van der Waals surface area contributed by atoms with Gasteiger partial charge in [0, 0.05) is 18.2 Å². The van der Waals surface area contributed by atoms with Gasteiger partial charge in [0.15, 0.2) is 0 Å². The van der Waals surface area contributed by atoms with E-state index in [0.29, 0.717) is 23.9 Å². The number of ether oxygens (including phenoxy) is 1. The van der Waals surface area contributed by atoms with Gasteiger partial charge >= 0.3 is 0 Å². The topological polar surface area (TPSA) is 75.7 Å². The van der Waals surface area contributed by atoms with E-state index in [4.69, 9.17) is 16.3 Å². The summed E-state index contributed by atoms with van der Waals surface area (Å²) in [7, 11) is -3.63. The molecule has 128 valence electrons. The summed E-state index contributed by atoms with van der Waals surface area (Å²) in [5.41, 5.74) is 0.361. The smallest absolute Gasteiger partial charge is 0.243 e. The van der Waals surface area contributed by atoms with Crippen LogP contribution in [0.1, 0.15) is 19.8 Å². The van der Waals surface area contributed by atoms with Crippen molar-refractivity contribution in [3.63, 3.8) is 0 Å². The molecule has 0 bridgehead atoms. The zero-order valence-electron chi connectivity index (χ0n) is 13.2. The van der Waals surface area contributed by atoms with Crippen molar-refractivity contribution in [3.05, 3.63) is 29.3 Å². The molecule has 0 aliphatic carbocycles. The molecule has 1 saturated heterocycles. The van der Waals surface area contributed by atoms with Gasteiger partial charge in [0.25, 0.3) is 0 Å². The second kappa shape index (κ2) is 7.51. The van der Waals surface area contributed by atoms with Gasteiger partial charge in [-0.05, 0) is 38.0 Å². The van der Waals surface area contributed by atoms with E-state index in [1.165, 1.54) is 6.07 Å². The van der Waals surface area contributed by atoms with Gasteiger partial charge in [-0.1, -0.05) is 17.7 Å². The largest absolute Gasteiger partial charge is 0.376 e. The van der Waals surface area contributed by atoms with Gasteiger partial charge < -0.3 is 10.1 Å². The molecule has 2 atom stereocenters. The Hall–Kier alpha value is -1.31. The molecule has 2 rings (SSSR count). The fraction of sp³-hybridized carbons (Fsp3) is 0.533. The highest BCUT2D eigenvalue weighted by Gasteiger charge is 2.29. The van der Waals surface area contributed by atoms with E-state index in [-0.39, 0.29) is 12.0 Å². The minimum Gasteiger partial charge on any atom is -0.376 e. The first-order valence-corrected chi connectivity index (χ1v) is 9.66. The van der Waals surface area contributed by atoms with E-state index in [0.717, 1.165) is 23.4 Å². The van der Waals surface area contributed by atoms with Crippen LogP contribution in [0.2, 0.25) is 5.02 Å². The van der Waals surface area contributed by atoms with Gasteiger partial charge in [0.2, 0.25) is 15.9 Å². The molecule has 23 heavy (non-hydrogen) atoms. The van der Waals surface area contributed by atoms with Crippen molar-refractivity contribution < 1.29 is 17.9 Å². The molecule has 1 fully saturated rings. The molecule has 0 aromatic heterocycles. The summed E-state index contributed by atoms with van der Waals surface area (Å²) < 4.78 is 30.8. The Morgan fingerprint density at radius 2 is 2.26 bits per heavy atom. The summed E-state index contributed by atoms with van der Waals surface area (Å²) in [6.07, 6.45) is 2.95. The Bertz CT molecular complexity index is 659. The van der Waals surface area contributed by atoms with Gasteiger partial charge in [-0.15, -0.1) is 0 Å². The van der Waals surface area contributed by atoms with Crippen LogP contribution >= 0.6 is 11.6 Å². The van der Waals surface area contributed by atoms with Crippen LogP contribution in [0.15, 0.2) is 24.3 Å². The van der Waals surface area contributed by atoms with E-state index >= 15 is 0 Å². The van der Waals surface area contributed by atoms with Crippen molar-refractivity contribution in [2.45, 2.75) is 31.9 Å². The van der Waals surface area contributed by atoms with Crippen LogP contribution < -0.4 is 9.62 Å². The lowest BCUT2D eigenvalue weighted by Gasteiger charge is -2.28. The normalized spacial score (nSPS) is 19.3. The predicted octanol–water partition coefficient (Wildman–Crippen LogP) is 1.79. The number of benzene rings is 1. The number of amides is 1. The lowest BCUT2D eigenvalue weighted by Crippen LogP contribution is -2.49. The third-order valence-corrected chi connectivity index (χ3v) is 5.16.